The summed E-state index contributed by atoms with van der Waals surface area (Å²) in [5.74, 6) is -1.58. The van der Waals surface area contributed by atoms with Crippen molar-refractivity contribution in [3.05, 3.63) is 89.5 Å². The zero-order chi connectivity index (χ0) is 25.7. The number of nitrogens with one attached hydrogen (secondary N) is 2. The number of ether oxygens (including phenoxy) is 2. The number of carbonyl (C=O) groups excluding carboxylic acids is 4. The van der Waals surface area contributed by atoms with Gasteiger partial charge in [0.15, 0.2) is 18.1 Å². The molecule has 0 aromatic heterocycles. The number of carbonyl (C=O) groups is 4. The second-order valence-corrected chi connectivity index (χ2v) is 7.87. The molecule has 0 radical (unpaired) electrons. The first-order chi connectivity index (χ1) is 17.4. The number of hydrogen-bond donors (Lipinski definition) is 2. The Kier molecular flexibility index (Phi) is 7.10. The van der Waals surface area contributed by atoms with E-state index in [4.69, 9.17) is 9.47 Å². The highest BCUT2D eigenvalue weighted by Gasteiger charge is 2.37. The van der Waals surface area contributed by atoms with Crippen LogP contribution in [0.25, 0.3) is 6.08 Å². The number of amides is 5. The van der Waals surface area contributed by atoms with Gasteiger partial charge in [0.2, 0.25) is 0 Å². The lowest BCUT2D eigenvalue weighted by Crippen LogP contribution is -2.54. The van der Waals surface area contributed by atoms with E-state index in [1.165, 1.54) is 13.2 Å². The standard InChI is InChI=1S/C27H23N3O6/c1-17-11-13-20(14-12-17)30-26(33)21(25(32)29-27(30)34)15-18-7-6-10-22(35-2)24(18)36-16-23(31)28-19-8-4-3-5-9-19/h3-15H,16H2,1-2H3,(H,28,31)(H,29,32,34)/b21-15+. The Morgan fingerprint density at radius 1 is 0.972 bits per heavy atom. The molecular formula is C27H23N3O6. The fourth-order valence-electron chi connectivity index (χ4n) is 3.56. The van der Waals surface area contributed by atoms with Gasteiger partial charge in [-0.2, -0.15) is 0 Å². The van der Waals surface area contributed by atoms with Crippen molar-refractivity contribution in [2.24, 2.45) is 0 Å². The third-order valence-corrected chi connectivity index (χ3v) is 5.33. The molecule has 1 fully saturated rings. The fraction of sp³-hybridized carbons (Fsp3) is 0.111. The van der Waals surface area contributed by atoms with Gasteiger partial charge >= 0.3 is 6.03 Å². The normalized spacial score (nSPS) is 14.4. The van der Waals surface area contributed by atoms with E-state index in [-0.39, 0.29) is 17.9 Å². The number of urea groups is 1. The Morgan fingerprint density at radius 3 is 2.39 bits per heavy atom. The lowest BCUT2D eigenvalue weighted by molar-refractivity contribution is -0.122. The summed E-state index contributed by atoms with van der Waals surface area (Å²) in [5, 5.41) is 4.91. The fourth-order valence-corrected chi connectivity index (χ4v) is 3.56. The molecule has 2 N–H and O–H groups in total. The third kappa shape index (κ3) is 5.25. The molecule has 4 rings (SSSR count). The molecule has 3 aromatic rings. The Labute approximate surface area is 207 Å². The number of anilines is 2. The summed E-state index contributed by atoms with van der Waals surface area (Å²) in [5.41, 5.74) is 1.92. The van der Waals surface area contributed by atoms with Crippen LogP contribution in [0.5, 0.6) is 11.5 Å². The van der Waals surface area contributed by atoms with Gasteiger partial charge in [-0.3, -0.25) is 19.7 Å². The van der Waals surface area contributed by atoms with Crippen molar-refractivity contribution < 1.29 is 28.7 Å². The predicted octanol–water partition coefficient (Wildman–Crippen LogP) is 3.69. The first-order valence-electron chi connectivity index (χ1n) is 11.0. The lowest BCUT2D eigenvalue weighted by Gasteiger charge is -2.26. The maximum atomic E-state index is 13.2. The van der Waals surface area contributed by atoms with Gasteiger partial charge in [-0.15, -0.1) is 0 Å². The Balaban J connectivity index is 1.62. The van der Waals surface area contributed by atoms with Crippen LogP contribution in [0.2, 0.25) is 0 Å². The summed E-state index contributed by atoms with van der Waals surface area (Å²) in [6.45, 7) is 1.53. The largest absolute Gasteiger partial charge is 0.493 e. The molecule has 36 heavy (non-hydrogen) atoms. The van der Waals surface area contributed by atoms with Crippen molar-refractivity contribution in [2.45, 2.75) is 6.92 Å². The van der Waals surface area contributed by atoms with Crippen LogP contribution in [0.3, 0.4) is 0 Å². The van der Waals surface area contributed by atoms with E-state index in [1.54, 1.807) is 66.7 Å². The maximum absolute atomic E-state index is 13.2. The molecule has 1 heterocycles. The van der Waals surface area contributed by atoms with Gasteiger partial charge in [-0.05, 0) is 43.3 Å². The molecular weight excluding hydrogens is 462 g/mol. The topological polar surface area (TPSA) is 114 Å². The monoisotopic (exact) mass is 485 g/mol. The lowest BCUT2D eigenvalue weighted by atomic mass is 10.1. The zero-order valence-electron chi connectivity index (χ0n) is 19.6. The van der Waals surface area contributed by atoms with E-state index >= 15 is 0 Å². The molecule has 182 valence electrons. The van der Waals surface area contributed by atoms with E-state index in [0.29, 0.717) is 22.7 Å². The van der Waals surface area contributed by atoms with E-state index in [2.05, 4.69) is 10.6 Å². The summed E-state index contributed by atoms with van der Waals surface area (Å²) in [6.07, 6.45) is 1.30. The van der Waals surface area contributed by atoms with Crippen molar-refractivity contribution in [2.75, 3.05) is 23.9 Å². The van der Waals surface area contributed by atoms with Gasteiger partial charge in [0.1, 0.15) is 5.57 Å². The second-order valence-electron chi connectivity index (χ2n) is 7.87. The highest BCUT2D eigenvalue weighted by atomic mass is 16.5. The third-order valence-electron chi connectivity index (χ3n) is 5.33. The number of hydrogen-bond acceptors (Lipinski definition) is 6. The molecule has 0 aliphatic carbocycles. The molecule has 9 heteroatoms. The van der Waals surface area contributed by atoms with Crippen LogP contribution < -0.4 is 25.0 Å². The smallest absolute Gasteiger partial charge is 0.335 e. The molecule has 0 spiro atoms. The van der Waals surface area contributed by atoms with Crippen molar-refractivity contribution in [3.8, 4) is 11.5 Å². The number of benzene rings is 3. The van der Waals surface area contributed by atoms with Gasteiger partial charge in [0, 0.05) is 11.3 Å². The average molecular weight is 485 g/mol. The van der Waals surface area contributed by atoms with Crippen LogP contribution in [0.15, 0.2) is 78.4 Å². The van der Waals surface area contributed by atoms with Crippen molar-refractivity contribution in [1.29, 1.82) is 0 Å². The van der Waals surface area contributed by atoms with Crippen molar-refractivity contribution in [1.82, 2.24) is 5.32 Å². The number of imide groups is 2. The van der Waals surface area contributed by atoms with Gasteiger partial charge in [-0.25, -0.2) is 9.69 Å². The number of rotatable bonds is 7. The highest BCUT2D eigenvalue weighted by Crippen LogP contribution is 2.33. The number of barbiturate groups is 1. The minimum absolute atomic E-state index is 0.162. The van der Waals surface area contributed by atoms with Crippen molar-refractivity contribution >= 4 is 41.2 Å². The van der Waals surface area contributed by atoms with Gasteiger partial charge in [-0.1, -0.05) is 48.0 Å². The molecule has 0 saturated carbocycles. The molecule has 3 aromatic carbocycles. The zero-order valence-corrected chi connectivity index (χ0v) is 19.6. The first-order valence-corrected chi connectivity index (χ1v) is 11.0. The summed E-state index contributed by atoms with van der Waals surface area (Å²) in [7, 11) is 1.43. The molecule has 0 unspecified atom stereocenters. The van der Waals surface area contributed by atoms with Crippen LogP contribution in [0.4, 0.5) is 16.2 Å². The molecule has 5 amide bonds. The van der Waals surface area contributed by atoms with E-state index in [9.17, 15) is 19.2 Å². The molecule has 0 bridgehead atoms. The van der Waals surface area contributed by atoms with E-state index < -0.39 is 23.8 Å². The van der Waals surface area contributed by atoms with Gasteiger partial charge in [0.05, 0.1) is 12.8 Å². The number of nitrogens with zero attached hydrogens (tertiary/aromatic N) is 1. The van der Waals surface area contributed by atoms with Gasteiger partial charge in [0.25, 0.3) is 17.7 Å². The van der Waals surface area contributed by atoms with Crippen LogP contribution in [0, 0.1) is 6.92 Å². The second kappa shape index (κ2) is 10.6. The summed E-state index contributed by atoms with van der Waals surface area (Å²) >= 11 is 0. The van der Waals surface area contributed by atoms with Gasteiger partial charge < -0.3 is 14.8 Å². The minimum Gasteiger partial charge on any atom is -0.493 e. The number of aryl methyl sites for hydroxylation is 1. The summed E-state index contributed by atoms with van der Waals surface area (Å²) in [4.78, 5) is 51.5. The Bertz CT molecular complexity index is 1350. The SMILES string of the molecule is COc1cccc(/C=C2\C(=O)NC(=O)N(c3ccc(C)cc3)C2=O)c1OCC(=O)Nc1ccccc1. The van der Waals surface area contributed by atoms with Crippen molar-refractivity contribution in [3.63, 3.8) is 0 Å². The minimum atomic E-state index is -0.844. The molecule has 1 aliphatic heterocycles. The molecule has 0 atom stereocenters. The first kappa shape index (κ1) is 24.2. The Morgan fingerprint density at radius 2 is 1.69 bits per heavy atom. The van der Waals surface area contributed by atoms with Crippen LogP contribution in [-0.4, -0.2) is 37.5 Å². The predicted molar refractivity (Wildman–Crippen MR) is 134 cm³/mol. The number of methoxy groups -OCH3 is 1. The van der Waals surface area contributed by atoms with E-state index in [1.807, 2.05) is 13.0 Å². The summed E-state index contributed by atoms with van der Waals surface area (Å²) < 4.78 is 11.1. The van der Waals surface area contributed by atoms with Crippen LogP contribution >= 0.6 is 0 Å². The Hall–Kier alpha value is -4.92. The molecule has 1 saturated heterocycles. The number of para-hydroxylation sites is 2. The molecule has 9 nitrogen and oxygen atoms in total. The average Bonchev–Trinajstić information content (AvgIpc) is 2.87. The summed E-state index contributed by atoms with van der Waals surface area (Å²) in [6, 6.07) is 19.7. The highest BCUT2D eigenvalue weighted by molar-refractivity contribution is 6.39. The molecule has 1 aliphatic rings. The maximum Gasteiger partial charge on any atom is 0.335 e. The van der Waals surface area contributed by atoms with Crippen LogP contribution in [-0.2, 0) is 14.4 Å². The van der Waals surface area contributed by atoms with E-state index in [0.717, 1.165) is 10.5 Å². The van der Waals surface area contributed by atoms with Crippen LogP contribution in [0.1, 0.15) is 11.1 Å². The quantitative estimate of drug-likeness (QED) is 0.390.